The minimum atomic E-state index is -0.367. The lowest BCUT2D eigenvalue weighted by atomic mass is 10.0. The van der Waals surface area contributed by atoms with Crippen LogP contribution in [0, 0.1) is 12.8 Å². The second-order valence-corrected chi connectivity index (χ2v) is 6.19. The molecule has 1 amide bonds. The van der Waals surface area contributed by atoms with Crippen molar-refractivity contribution < 1.29 is 4.79 Å². The molecule has 1 aliphatic rings. The van der Waals surface area contributed by atoms with Gasteiger partial charge >= 0.3 is 0 Å². The molecule has 0 aliphatic carbocycles. The second-order valence-electron chi connectivity index (χ2n) is 6.19. The van der Waals surface area contributed by atoms with Crippen LogP contribution < -0.4 is 10.6 Å². The molecule has 0 unspecified atom stereocenters. The van der Waals surface area contributed by atoms with E-state index in [1.165, 1.54) is 5.56 Å². The van der Waals surface area contributed by atoms with Gasteiger partial charge in [0.2, 0.25) is 5.91 Å². The lowest BCUT2D eigenvalue weighted by molar-refractivity contribution is -0.133. The summed E-state index contributed by atoms with van der Waals surface area (Å²) < 4.78 is 0. The summed E-state index contributed by atoms with van der Waals surface area (Å²) >= 11 is 0. The fraction of sp³-hybridized carbons (Fsp3) is 0.625. The number of amides is 1. The Morgan fingerprint density at radius 1 is 1.33 bits per heavy atom. The van der Waals surface area contributed by atoms with E-state index in [1.807, 2.05) is 17.2 Å². The molecule has 0 aromatic carbocycles. The summed E-state index contributed by atoms with van der Waals surface area (Å²) in [4.78, 5) is 20.9. The van der Waals surface area contributed by atoms with E-state index in [9.17, 15) is 4.79 Å². The van der Waals surface area contributed by atoms with Crippen molar-refractivity contribution in [1.29, 1.82) is 0 Å². The van der Waals surface area contributed by atoms with E-state index in [0.29, 0.717) is 5.92 Å². The van der Waals surface area contributed by atoms with E-state index in [4.69, 9.17) is 5.73 Å². The van der Waals surface area contributed by atoms with E-state index in [0.717, 1.165) is 38.4 Å². The van der Waals surface area contributed by atoms with E-state index >= 15 is 0 Å². The zero-order valence-electron chi connectivity index (χ0n) is 13.2. The van der Waals surface area contributed by atoms with Gasteiger partial charge in [0.05, 0.1) is 6.04 Å². The van der Waals surface area contributed by atoms with Gasteiger partial charge in [-0.3, -0.25) is 4.79 Å². The molecule has 116 valence electrons. The highest BCUT2D eigenvalue weighted by Gasteiger charge is 2.26. The number of hydrogen-bond donors (Lipinski definition) is 1. The smallest absolute Gasteiger partial charge is 0.239 e. The highest BCUT2D eigenvalue weighted by Crippen LogP contribution is 2.18. The zero-order valence-corrected chi connectivity index (χ0v) is 13.2. The van der Waals surface area contributed by atoms with Gasteiger partial charge in [-0.25, -0.2) is 4.98 Å². The molecular weight excluding hydrogens is 264 g/mol. The SMILES string of the molecule is Cc1cccnc1N1CCN(C(=O)[C@H](N)CC(C)C)CC1. The third kappa shape index (κ3) is 3.94. The standard InChI is InChI=1S/C16H26N4O/c1-12(2)11-14(17)16(21)20-9-7-19(8-10-20)15-13(3)5-4-6-18-15/h4-6,12,14H,7-11,17H2,1-3H3/t14-/m1/s1. The molecule has 1 atom stereocenters. The summed E-state index contributed by atoms with van der Waals surface area (Å²) in [5, 5.41) is 0. The largest absolute Gasteiger partial charge is 0.353 e. The first-order valence-electron chi connectivity index (χ1n) is 7.70. The Labute approximate surface area is 127 Å². The summed E-state index contributed by atoms with van der Waals surface area (Å²) in [7, 11) is 0. The van der Waals surface area contributed by atoms with Gasteiger partial charge in [-0.1, -0.05) is 19.9 Å². The summed E-state index contributed by atoms with van der Waals surface area (Å²) in [6.45, 7) is 9.33. The van der Waals surface area contributed by atoms with Crippen molar-refractivity contribution in [3.05, 3.63) is 23.9 Å². The topological polar surface area (TPSA) is 62.5 Å². The maximum atomic E-state index is 12.3. The molecule has 2 N–H and O–H groups in total. The summed E-state index contributed by atoms with van der Waals surface area (Å²) in [6.07, 6.45) is 2.57. The molecule has 0 bridgehead atoms. The minimum Gasteiger partial charge on any atom is -0.353 e. The third-order valence-corrected chi connectivity index (χ3v) is 3.92. The van der Waals surface area contributed by atoms with Crippen LogP contribution in [0.5, 0.6) is 0 Å². The van der Waals surface area contributed by atoms with Gasteiger partial charge in [-0.15, -0.1) is 0 Å². The molecule has 1 aromatic heterocycles. The van der Waals surface area contributed by atoms with Crippen LogP contribution in [-0.2, 0) is 4.79 Å². The van der Waals surface area contributed by atoms with Gasteiger partial charge in [0.25, 0.3) is 0 Å². The maximum Gasteiger partial charge on any atom is 0.239 e. The molecule has 1 aliphatic heterocycles. The Morgan fingerprint density at radius 3 is 2.57 bits per heavy atom. The molecule has 2 rings (SSSR count). The lowest BCUT2D eigenvalue weighted by Gasteiger charge is -2.37. The summed E-state index contributed by atoms with van der Waals surface area (Å²) in [5.41, 5.74) is 7.18. The van der Waals surface area contributed by atoms with Crippen LogP contribution in [0.25, 0.3) is 0 Å². The number of aryl methyl sites for hydroxylation is 1. The number of carbonyl (C=O) groups is 1. The van der Waals surface area contributed by atoms with Gasteiger partial charge < -0.3 is 15.5 Å². The number of rotatable bonds is 4. The predicted octanol–water partition coefficient (Wildman–Crippen LogP) is 1.41. The predicted molar refractivity (Wildman–Crippen MR) is 85.2 cm³/mol. The number of nitrogens with zero attached hydrogens (tertiary/aromatic N) is 3. The number of pyridine rings is 1. The lowest BCUT2D eigenvalue weighted by Crippen LogP contribution is -2.53. The van der Waals surface area contributed by atoms with E-state index < -0.39 is 0 Å². The molecule has 21 heavy (non-hydrogen) atoms. The fourth-order valence-corrected chi connectivity index (χ4v) is 2.79. The third-order valence-electron chi connectivity index (χ3n) is 3.92. The average Bonchev–Trinajstić information content (AvgIpc) is 2.46. The van der Waals surface area contributed by atoms with Crippen LogP contribution in [0.3, 0.4) is 0 Å². The van der Waals surface area contributed by atoms with Gasteiger partial charge in [0.1, 0.15) is 5.82 Å². The van der Waals surface area contributed by atoms with Crippen LogP contribution in [0.15, 0.2) is 18.3 Å². The fourth-order valence-electron chi connectivity index (χ4n) is 2.79. The second kappa shape index (κ2) is 6.89. The van der Waals surface area contributed by atoms with Crippen molar-refractivity contribution in [2.45, 2.75) is 33.2 Å². The Bertz CT molecular complexity index is 481. The van der Waals surface area contributed by atoms with Crippen molar-refractivity contribution in [2.24, 2.45) is 11.7 Å². The van der Waals surface area contributed by atoms with Crippen LogP contribution in [0.4, 0.5) is 5.82 Å². The van der Waals surface area contributed by atoms with Gasteiger partial charge in [0.15, 0.2) is 0 Å². The maximum absolute atomic E-state index is 12.3. The Balaban J connectivity index is 1.91. The number of hydrogen-bond acceptors (Lipinski definition) is 4. The molecule has 5 heteroatoms. The highest BCUT2D eigenvalue weighted by atomic mass is 16.2. The number of aromatic nitrogens is 1. The molecule has 1 aromatic rings. The van der Waals surface area contributed by atoms with Crippen LogP contribution in [0.1, 0.15) is 25.8 Å². The highest BCUT2D eigenvalue weighted by molar-refractivity contribution is 5.81. The summed E-state index contributed by atoms with van der Waals surface area (Å²) in [5.74, 6) is 1.55. The van der Waals surface area contributed by atoms with E-state index in [2.05, 4.69) is 36.7 Å². The minimum absolute atomic E-state index is 0.0843. The first-order chi connectivity index (χ1) is 9.99. The molecule has 0 radical (unpaired) electrons. The zero-order chi connectivity index (χ0) is 15.4. The van der Waals surface area contributed by atoms with Crippen molar-refractivity contribution >= 4 is 11.7 Å². The monoisotopic (exact) mass is 290 g/mol. The molecule has 2 heterocycles. The first kappa shape index (κ1) is 15.8. The molecule has 0 spiro atoms. The quantitative estimate of drug-likeness (QED) is 0.911. The van der Waals surface area contributed by atoms with Gasteiger partial charge in [-0.2, -0.15) is 0 Å². The van der Waals surface area contributed by atoms with Gasteiger partial charge in [0, 0.05) is 32.4 Å². The Kier molecular flexibility index (Phi) is 5.17. The van der Waals surface area contributed by atoms with E-state index in [1.54, 1.807) is 0 Å². The van der Waals surface area contributed by atoms with Gasteiger partial charge in [-0.05, 0) is 30.9 Å². The summed E-state index contributed by atoms with van der Waals surface area (Å²) in [6, 6.07) is 3.65. The molecule has 1 fully saturated rings. The van der Waals surface area contributed by atoms with Crippen molar-refractivity contribution in [3.8, 4) is 0 Å². The van der Waals surface area contributed by atoms with Crippen molar-refractivity contribution in [3.63, 3.8) is 0 Å². The van der Waals surface area contributed by atoms with E-state index in [-0.39, 0.29) is 11.9 Å². The number of carbonyl (C=O) groups excluding carboxylic acids is 1. The Morgan fingerprint density at radius 2 is 2.00 bits per heavy atom. The Hall–Kier alpha value is -1.62. The average molecular weight is 290 g/mol. The number of piperazine rings is 1. The number of nitrogens with two attached hydrogens (primary N) is 1. The van der Waals surface area contributed by atoms with Crippen LogP contribution >= 0.6 is 0 Å². The number of anilines is 1. The first-order valence-corrected chi connectivity index (χ1v) is 7.70. The van der Waals surface area contributed by atoms with Crippen LogP contribution in [0.2, 0.25) is 0 Å². The molecule has 5 nitrogen and oxygen atoms in total. The molecular formula is C16H26N4O. The van der Waals surface area contributed by atoms with Crippen molar-refractivity contribution in [2.75, 3.05) is 31.1 Å². The molecule has 0 saturated carbocycles. The van der Waals surface area contributed by atoms with Crippen LogP contribution in [-0.4, -0.2) is 48.0 Å². The van der Waals surface area contributed by atoms with Crippen molar-refractivity contribution in [1.82, 2.24) is 9.88 Å². The normalized spacial score (nSPS) is 17.2. The molecule has 1 saturated heterocycles.